The van der Waals surface area contributed by atoms with E-state index in [2.05, 4.69) is 4.98 Å². The van der Waals surface area contributed by atoms with Gasteiger partial charge in [-0.3, -0.25) is 10.1 Å². The largest absolute Gasteiger partial charge is 0.462 e. The molecule has 8 heteroatoms. The van der Waals surface area contributed by atoms with Crippen LogP contribution in [-0.4, -0.2) is 27.1 Å². The van der Waals surface area contributed by atoms with Crippen molar-refractivity contribution in [3.63, 3.8) is 0 Å². The highest BCUT2D eigenvalue weighted by atomic mass is 32.1. The zero-order valence-corrected chi connectivity index (χ0v) is 16.5. The molecule has 3 rings (SSSR count). The Balaban J connectivity index is 2.12. The minimum absolute atomic E-state index is 0.0750. The Morgan fingerprint density at radius 3 is 2.78 bits per heavy atom. The van der Waals surface area contributed by atoms with E-state index in [-0.39, 0.29) is 16.7 Å². The number of ether oxygens (including phenoxy) is 1. The summed E-state index contributed by atoms with van der Waals surface area (Å²) < 4.78 is 7.00. The Morgan fingerprint density at radius 1 is 1.41 bits per heavy atom. The fourth-order valence-corrected chi connectivity index (χ4v) is 3.94. The van der Waals surface area contributed by atoms with Crippen LogP contribution in [0.25, 0.3) is 21.5 Å². The maximum Gasteiger partial charge on any atom is 0.350 e. The number of fused-ring (bicyclic) bond motifs is 1. The Morgan fingerprint density at radius 2 is 2.15 bits per heavy atom. The van der Waals surface area contributed by atoms with Gasteiger partial charge < -0.3 is 9.30 Å². The van der Waals surface area contributed by atoms with Gasteiger partial charge in [-0.15, -0.1) is 11.3 Å². The molecule has 0 N–H and O–H groups in total. The predicted octanol–water partition coefficient (Wildman–Crippen LogP) is 5.13. The molecule has 1 unspecified atom stereocenters. The minimum Gasteiger partial charge on any atom is -0.462 e. The van der Waals surface area contributed by atoms with Gasteiger partial charge in [-0.05, 0) is 45.4 Å². The Kier molecular flexibility index (Phi) is 5.27. The lowest BCUT2D eigenvalue weighted by Gasteiger charge is -2.11. The number of carbonyl (C=O) groups is 1. The SMILES string of the molecule is CCOC(=O)c1sc(-c2ccc3c(c2)c([N+](=O)[O-])cn3C(C)CC)nc1C. The van der Waals surface area contributed by atoms with E-state index >= 15 is 0 Å². The number of hydrogen-bond donors (Lipinski definition) is 0. The van der Waals surface area contributed by atoms with Crippen LogP contribution in [0, 0.1) is 17.0 Å². The van der Waals surface area contributed by atoms with Crippen molar-refractivity contribution >= 4 is 33.9 Å². The highest BCUT2D eigenvalue weighted by Gasteiger charge is 2.22. The molecule has 0 aliphatic heterocycles. The van der Waals surface area contributed by atoms with Crippen LogP contribution in [-0.2, 0) is 4.74 Å². The molecule has 142 valence electrons. The molecule has 0 aliphatic rings. The molecule has 0 radical (unpaired) electrons. The van der Waals surface area contributed by atoms with Gasteiger partial charge in [0.1, 0.15) is 9.88 Å². The quantitative estimate of drug-likeness (QED) is 0.332. The van der Waals surface area contributed by atoms with Gasteiger partial charge in [-0.1, -0.05) is 6.92 Å². The fourth-order valence-electron chi connectivity index (χ4n) is 2.98. The molecule has 2 aromatic heterocycles. The summed E-state index contributed by atoms with van der Waals surface area (Å²) in [7, 11) is 0. The molecule has 0 fully saturated rings. The van der Waals surface area contributed by atoms with Crippen molar-refractivity contribution in [1.82, 2.24) is 9.55 Å². The van der Waals surface area contributed by atoms with Crippen molar-refractivity contribution in [3.8, 4) is 10.6 Å². The van der Waals surface area contributed by atoms with E-state index in [9.17, 15) is 14.9 Å². The third-order valence-corrected chi connectivity index (χ3v) is 5.77. The second-order valence-electron chi connectivity index (χ2n) is 6.32. The van der Waals surface area contributed by atoms with Crippen LogP contribution in [0.2, 0.25) is 0 Å². The predicted molar refractivity (Wildman–Crippen MR) is 105 cm³/mol. The van der Waals surface area contributed by atoms with E-state index in [1.54, 1.807) is 26.1 Å². The number of thiazole rings is 1. The third kappa shape index (κ3) is 3.44. The van der Waals surface area contributed by atoms with Gasteiger partial charge in [0.05, 0.1) is 34.3 Å². The molecule has 0 amide bonds. The monoisotopic (exact) mass is 387 g/mol. The van der Waals surface area contributed by atoms with Crippen molar-refractivity contribution in [1.29, 1.82) is 0 Å². The fraction of sp³-hybridized carbons (Fsp3) is 0.368. The van der Waals surface area contributed by atoms with Gasteiger partial charge in [0.15, 0.2) is 0 Å². The number of aromatic nitrogens is 2. The Bertz CT molecular complexity index is 1020. The first-order valence-electron chi connectivity index (χ1n) is 8.81. The molecular weight excluding hydrogens is 366 g/mol. The summed E-state index contributed by atoms with van der Waals surface area (Å²) in [6.45, 7) is 7.89. The normalized spacial score (nSPS) is 12.3. The van der Waals surface area contributed by atoms with Crippen LogP contribution in [0.1, 0.15) is 48.6 Å². The summed E-state index contributed by atoms with van der Waals surface area (Å²) in [5, 5.41) is 12.7. The van der Waals surface area contributed by atoms with Gasteiger partial charge in [-0.2, -0.15) is 0 Å². The van der Waals surface area contributed by atoms with Gasteiger partial charge in [0.2, 0.25) is 0 Å². The molecule has 0 aliphatic carbocycles. The average Bonchev–Trinajstić information content (AvgIpc) is 3.21. The van der Waals surface area contributed by atoms with Gasteiger partial charge in [-0.25, -0.2) is 9.78 Å². The summed E-state index contributed by atoms with van der Waals surface area (Å²) in [5.41, 5.74) is 2.24. The third-order valence-electron chi connectivity index (χ3n) is 4.58. The van der Waals surface area contributed by atoms with Crippen LogP contribution in [0.15, 0.2) is 24.4 Å². The lowest BCUT2D eigenvalue weighted by Crippen LogP contribution is -2.03. The lowest BCUT2D eigenvalue weighted by atomic mass is 10.1. The van der Waals surface area contributed by atoms with E-state index in [1.165, 1.54) is 11.3 Å². The first kappa shape index (κ1) is 19.0. The molecule has 0 bridgehead atoms. The van der Waals surface area contributed by atoms with Crippen molar-refractivity contribution in [3.05, 3.63) is 45.1 Å². The number of rotatable bonds is 6. The Labute approximate surface area is 160 Å². The number of hydrogen-bond acceptors (Lipinski definition) is 6. The number of nitrogens with zero attached hydrogens (tertiary/aromatic N) is 3. The molecular formula is C19H21N3O4S. The van der Waals surface area contributed by atoms with Crippen LogP contribution >= 0.6 is 11.3 Å². The molecule has 7 nitrogen and oxygen atoms in total. The molecule has 2 heterocycles. The number of nitro groups is 1. The Hall–Kier alpha value is -2.74. The second kappa shape index (κ2) is 7.48. The first-order valence-corrected chi connectivity index (χ1v) is 9.62. The summed E-state index contributed by atoms with van der Waals surface area (Å²) in [6.07, 6.45) is 2.47. The lowest BCUT2D eigenvalue weighted by molar-refractivity contribution is -0.383. The van der Waals surface area contributed by atoms with Gasteiger partial charge in [0.25, 0.3) is 5.69 Å². The standard InChI is InChI=1S/C19H21N3O4S/c1-5-11(3)21-10-16(22(24)25)14-9-13(7-8-15(14)21)18-20-12(4)17(27-18)19(23)26-6-2/h7-11H,5-6H2,1-4H3. The van der Waals surface area contributed by atoms with E-state index in [1.807, 2.05) is 30.5 Å². The van der Waals surface area contributed by atoms with Gasteiger partial charge >= 0.3 is 5.97 Å². The van der Waals surface area contributed by atoms with Crippen LogP contribution in [0.5, 0.6) is 0 Å². The van der Waals surface area contributed by atoms with E-state index in [0.717, 1.165) is 17.5 Å². The van der Waals surface area contributed by atoms with Gasteiger partial charge in [0, 0.05) is 11.6 Å². The summed E-state index contributed by atoms with van der Waals surface area (Å²) >= 11 is 1.24. The number of benzene rings is 1. The average molecular weight is 387 g/mol. The highest BCUT2D eigenvalue weighted by Crippen LogP contribution is 2.36. The first-order chi connectivity index (χ1) is 12.9. The molecule has 0 saturated heterocycles. The molecule has 0 saturated carbocycles. The van der Waals surface area contributed by atoms with Crippen LogP contribution in [0.3, 0.4) is 0 Å². The summed E-state index contributed by atoms with van der Waals surface area (Å²) in [5.74, 6) is -0.395. The highest BCUT2D eigenvalue weighted by molar-refractivity contribution is 7.17. The maximum atomic E-state index is 12.0. The van der Waals surface area contributed by atoms with Crippen molar-refractivity contribution in [2.75, 3.05) is 6.61 Å². The minimum atomic E-state index is -0.395. The van der Waals surface area contributed by atoms with Crippen LogP contribution < -0.4 is 0 Å². The second-order valence-corrected chi connectivity index (χ2v) is 7.32. The van der Waals surface area contributed by atoms with Crippen molar-refractivity contribution in [2.45, 2.75) is 40.2 Å². The zero-order chi connectivity index (χ0) is 19.7. The number of carbonyl (C=O) groups excluding carboxylic acids is 1. The van der Waals surface area contributed by atoms with Crippen molar-refractivity contribution in [2.24, 2.45) is 0 Å². The maximum absolute atomic E-state index is 12.0. The zero-order valence-electron chi connectivity index (χ0n) is 15.7. The molecule has 1 aromatic carbocycles. The van der Waals surface area contributed by atoms with E-state index in [0.29, 0.717) is 27.6 Å². The number of aryl methyl sites for hydroxylation is 1. The van der Waals surface area contributed by atoms with Crippen LogP contribution in [0.4, 0.5) is 5.69 Å². The molecule has 1 atom stereocenters. The molecule has 3 aromatic rings. The summed E-state index contributed by atoms with van der Waals surface area (Å²) in [4.78, 5) is 28.1. The van der Waals surface area contributed by atoms with E-state index < -0.39 is 5.97 Å². The number of esters is 1. The van der Waals surface area contributed by atoms with E-state index in [4.69, 9.17) is 4.74 Å². The smallest absolute Gasteiger partial charge is 0.350 e. The summed E-state index contributed by atoms with van der Waals surface area (Å²) in [6, 6.07) is 5.70. The molecule has 0 spiro atoms. The molecule has 27 heavy (non-hydrogen) atoms. The topological polar surface area (TPSA) is 87.3 Å². The van der Waals surface area contributed by atoms with Crippen molar-refractivity contribution < 1.29 is 14.5 Å².